The number of anilines is 2. The van der Waals surface area contributed by atoms with Crippen LogP contribution in [0.3, 0.4) is 0 Å². The molecule has 0 aliphatic rings. The summed E-state index contributed by atoms with van der Waals surface area (Å²) in [5.74, 6) is 1.66. The molecule has 0 saturated carbocycles. The van der Waals surface area contributed by atoms with E-state index in [4.69, 9.17) is 0 Å². The summed E-state index contributed by atoms with van der Waals surface area (Å²) in [6.07, 6.45) is 8.27. The van der Waals surface area contributed by atoms with Crippen LogP contribution in [0.15, 0.2) is 55.1 Å². The molecule has 1 aromatic carbocycles. The van der Waals surface area contributed by atoms with Crippen LogP contribution in [-0.2, 0) is 13.0 Å². The predicted octanol–water partition coefficient (Wildman–Crippen LogP) is 2.97. The number of aromatic nitrogens is 4. The lowest BCUT2D eigenvalue weighted by Gasteiger charge is -2.07. The molecule has 5 heteroatoms. The van der Waals surface area contributed by atoms with Crippen LogP contribution in [0.2, 0.25) is 0 Å². The van der Waals surface area contributed by atoms with Crippen LogP contribution in [0.5, 0.6) is 0 Å². The van der Waals surface area contributed by atoms with Gasteiger partial charge in [-0.05, 0) is 37.1 Å². The molecular weight excluding hydrogens is 262 g/mol. The lowest BCUT2D eigenvalue weighted by Crippen LogP contribution is -2.02. The predicted molar refractivity (Wildman–Crippen MR) is 82.4 cm³/mol. The zero-order chi connectivity index (χ0) is 14.5. The molecule has 2 heterocycles. The highest BCUT2D eigenvalue weighted by Crippen LogP contribution is 2.14. The average Bonchev–Trinajstić information content (AvgIpc) is 2.93. The van der Waals surface area contributed by atoms with E-state index in [1.165, 1.54) is 5.56 Å². The van der Waals surface area contributed by atoms with Gasteiger partial charge in [0.25, 0.3) is 0 Å². The Morgan fingerprint density at radius 1 is 1.00 bits per heavy atom. The van der Waals surface area contributed by atoms with E-state index < -0.39 is 0 Å². The molecule has 0 amide bonds. The summed E-state index contributed by atoms with van der Waals surface area (Å²) in [7, 11) is 0. The Morgan fingerprint density at radius 2 is 1.76 bits per heavy atom. The van der Waals surface area contributed by atoms with Crippen molar-refractivity contribution in [2.75, 3.05) is 5.32 Å². The molecule has 5 nitrogen and oxygen atoms in total. The van der Waals surface area contributed by atoms with E-state index in [1.54, 1.807) is 18.5 Å². The quantitative estimate of drug-likeness (QED) is 0.780. The van der Waals surface area contributed by atoms with Crippen molar-refractivity contribution < 1.29 is 0 Å². The number of rotatable bonds is 5. The van der Waals surface area contributed by atoms with Crippen LogP contribution < -0.4 is 5.32 Å². The molecule has 21 heavy (non-hydrogen) atoms. The van der Waals surface area contributed by atoms with E-state index in [-0.39, 0.29) is 0 Å². The Balaban J connectivity index is 1.60. The van der Waals surface area contributed by atoms with Crippen LogP contribution in [-0.4, -0.2) is 19.5 Å². The summed E-state index contributed by atoms with van der Waals surface area (Å²) in [6, 6.07) is 10.1. The molecule has 1 N–H and O–H groups in total. The number of aryl methyl sites for hydroxylation is 3. The van der Waals surface area contributed by atoms with E-state index in [0.717, 1.165) is 24.5 Å². The summed E-state index contributed by atoms with van der Waals surface area (Å²) in [5, 5.41) is 3.17. The second kappa shape index (κ2) is 6.17. The number of hydrogen-bond donors (Lipinski definition) is 1. The average molecular weight is 279 g/mol. The van der Waals surface area contributed by atoms with Gasteiger partial charge in [0, 0.05) is 37.0 Å². The maximum absolute atomic E-state index is 4.23. The second-order valence-electron chi connectivity index (χ2n) is 4.81. The SMILES string of the molecule is Cc1nccn1CCc1ccc(Nc2ncccn2)cc1. The molecule has 0 spiro atoms. The highest BCUT2D eigenvalue weighted by molar-refractivity contribution is 5.53. The topological polar surface area (TPSA) is 55.6 Å². The third kappa shape index (κ3) is 3.45. The van der Waals surface area contributed by atoms with Crippen molar-refractivity contribution in [3.8, 4) is 0 Å². The van der Waals surface area contributed by atoms with E-state index in [0.29, 0.717) is 5.95 Å². The van der Waals surface area contributed by atoms with Crippen molar-refractivity contribution in [3.05, 3.63) is 66.5 Å². The van der Waals surface area contributed by atoms with Crippen molar-refractivity contribution in [1.29, 1.82) is 0 Å². The fraction of sp³-hybridized carbons (Fsp3) is 0.188. The van der Waals surface area contributed by atoms with Crippen LogP contribution in [0.1, 0.15) is 11.4 Å². The van der Waals surface area contributed by atoms with Gasteiger partial charge in [-0.1, -0.05) is 12.1 Å². The van der Waals surface area contributed by atoms with Crippen LogP contribution in [0, 0.1) is 6.92 Å². The van der Waals surface area contributed by atoms with Crippen molar-refractivity contribution in [2.45, 2.75) is 19.9 Å². The van der Waals surface area contributed by atoms with Gasteiger partial charge in [0.2, 0.25) is 5.95 Å². The minimum Gasteiger partial charge on any atom is -0.335 e. The fourth-order valence-electron chi connectivity index (χ4n) is 2.14. The molecule has 0 unspecified atom stereocenters. The van der Waals surface area contributed by atoms with Gasteiger partial charge in [0.1, 0.15) is 5.82 Å². The minimum absolute atomic E-state index is 0.610. The smallest absolute Gasteiger partial charge is 0.227 e. The van der Waals surface area contributed by atoms with Crippen molar-refractivity contribution in [3.63, 3.8) is 0 Å². The van der Waals surface area contributed by atoms with E-state index in [2.05, 4.69) is 37.0 Å². The maximum atomic E-state index is 4.23. The molecule has 0 aliphatic heterocycles. The fourth-order valence-corrected chi connectivity index (χ4v) is 2.14. The summed E-state index contributed by atoms with van der Waals surface area (Å²) in [4.78, 5) is 12.5. The Labute approximate surface area is 123 Å². The molecular formula is C16H17N5. The number of nitrogens with one attached hydrogen (secondary N) is 1. The lowest BCUT2D eigenvalue weighted by atomic mass is 10.1. The number of imidazole rings is 1. The van der Waals surface area contributed by atoms with Gasteiger partial charge in [0.15, 0.2) is 0 Å². The normalized spacial score (nSPS) is 10.5. The first-order valence-electron chi connectivity index (χ1n) is 6.92. The van der Waals surface area contributed by atoms with E-state index >= 15 is 0 Å². The van der Waals surface area contributed by atoms with Crippen molar-refractivity contribution in [2.24, 2.45) is 0 Å². The van der Waals surface area contributed by atoms with Crippen molar-refractivity contribution >= 4 is 11.6 Å². The number of benzene rings is 1. The first-order valence-corrected chi connectivity index (χ1v) is 6.92. The Bertz CT molecular complexity index is 688. The van der Waals surface area contributed by atoms with E-state index in [9.17, 15) is 0 Å². The van der Waals surface area contributed by atoms with Crippen LogP contribution in [0.4, 0.5) is 11.6 Å². The molecule has 0 bridgehead atoms. The van der Waals surface area contributed by atoms with Crippen molar-refractivity contribution in [1.82, 2.24) is 19.5 Å². The van der Waals surface area contributed by atoms with Gasteiger partial charge >= 0.3 is 0 Å². The molecule has 0 radical (unpaired) electrons. The van der Waals surface area contributed by atoms with E-state index in [1.807, 2.05) is 31.5 Å². The first-order chi connectivity index (χ1) is 10.3. The molecule has 3 aromatic rings. The maximum Gasteiger partial charge on any atom is 0.227 e. The number of nitrogens with zero attached hydrogens (tertiary/aromatic N) is 4. The third-order valence-electron chi connectivity index (χ3n) is 3.34. The highest BCUT2D eigenvalue weighted by atomic mass is 15.1. The first kappa shape index (κ1) is 13.3. The third-order valence-corrected chi connectivity index (χ3v) is 3.34. The highest BCUT2D eigenvalue weighted by Gasteiger charge is 2.00. The molecule has 106 valence electrons. The lowest BCUT2D eigenvalue weighted by molar-refractivity contribution is 0.673. The Kier molecular flexibility index (Phi) is 3.91. The standard InChI is InChI=1S/C16H17N5/c1-13-17-10-12-21(13)11-7-14-3-5-15(6-4-14)20-16-18-8-2-9-19-16/h2-6,8-10,12H,7,11H2,1H3,(H,18,19,20). The van der Waals surface area contributed by atoms with Gasteiger partial charge in [-0.3, -0.25) is 0 Å². The second-order valence-corrected chi connectivity index (χ2v) is 4.81. The minimum atomic E-state index is 0.610. The molecule has 0 atom stereocenters. The van der Waals surface area contributed by atoms with Crippen LogP contribution >= 0.6 is 0 Å². The largest absolute Gasteiger partial charge is 0.335 e. The zero-order valence-corrected chi connectivity index (χ0v) is 11.9. The van der Waals surface area contributed by atoms with Crippen LogP contribution in [0.25, 0.3) is 0 Å². The van der Waals surface area contributed by atoms with Gasteiger partial charge < -0.3 is 9.88 Å². The van der Waals surface area contributed by atoms with Gasteiger partial charge in [-0.25, -0.2) is 15.0 Å². The summed E-state index contributed by atoms with van der Waals surface area (Å²) < 4.78 is 2.16. The summed E-state index contributed by atoms with van der Waals surface area (Å²) >= 11 is 0. The molecule has 0 aliphatic carbocycles. The van der Waals surface area contributed by atoms with Gasteiger partial charge in [-0.2, -0.15) is 0 Å². The summed E-state index contributed by atoms with van der Waals surface area (Å²) in [6.45, 7) is 2.97. The molecule has 3 rings (SSSR count). The Hall–Kier alpha value is -2.69. The number of hydrogen-bond acceptors (Lipinski definition) is 4. The Morgan fingerprint density at radius 3 is 2.43 bits per heavy atom. The van der Waals surface area contributed by atoms with Gasteiger partial charge in [0.05, 0.1) is 0 Å². The monoisotopic (exact) mass is 279 g/mol. The van der Waals surface area contributed by atoms with Gasteiger partial charge in [-0.15, -0.1) is 0 Å². The molecule has 0 saturated heterocycles. The molecule has 0 fully saturated rings. The zero-order valence-electron chi connectivity index (χ0n) is 11.9. The summed E-state index contributed by atoms with van der Waals surface area (Å²) in [5.41, 5.74) is 2.28. The molecule has 2 aromatic heterocycles.